The normalized spacial score (nSPS) is 11.7. The topological polar surface area (TPSA) is 89.7 Å². The van der Waals surface area contributed by atoms with Crippen molar-refractivity contribution in [3.8, 4) is 22.6 Å². The molecule has 0 aliphatic heterocycles. The van der Waals surface area contributed by atoms with Crippen molar-refractivity contribution in [3.63, 3.8) is 0 Å². The molecule has 0 heterocycles. The molecule has 0 bridgehead atoms. The van der Waals surface area contributed by atoms with E-state index >= 15 is 4.39 Å². The molecular formula is C28H22F4N2O4S. The molecule has 0 fully saturated rings. The van der Waals surface area contributed by atoms with E-state index in [0.717, 1.165) is 25.2 Å². The van der Waals surface area contributed by atoms with Crippen LogP contribution in [0.5, 0.6) is 11.5 Å². The molecule has 0 aliphatic carbocycles. The number of sulfonamides is 1. The first kappa shape index (κ1) is 27.6. The summed E-state index contributed by atoms with van der Waals surface area (Å²) in [5, 5.41) is 0. The van der Waals surface area contributed by atoms with E-state index < -0.39 is 44.9 Å². The van der Waals surface area contributed by atoms with E-state index in [4.69, 9.17) is 10.5 Å². The number of primary amides is 1. The van der Waals surface area contributed by atoms with Crippen LogP contribution >= 0.6 is 0 Å². The van der Waals surface area contributed by atoms with Crippen LogP contribution < -0.4 is 14.8 Å². The molecule has 0 atom stereocenters. The second-order valence-corrected chi connectivity index (χ2v) is 10.5. The van der Waals surface area contributed by atoms with E-state index in [1.807, 2.05) is 0 Å². The van der Waals surface area contributed by atoms with Crippen LogP contribution in [0.1, 0.15) is 11.1 Å². The molecular weight excluding hydrogens is 536 g/mol. The number of alkyl halides is 3. The summed E-state index contributed by atoms with van der Waals surface area (Å²) in [6.45, 7) is 0. The summed E-state index contributed by atoms with van der Waals surface area (Å²) in [6, 6.07) is 20.4. The number of rotatable bonds is 8. The van der Waals surface area contributed by atoms with Gasteiger partial charge in [0.05, 0.1) is 22.6 Å². The van der Waals surface area contributed by atoms with Crippen molar-refractivity contribution in [3.05, 3.63) is 108 Å². The molecule has 0 aromatic heterocycles. The molecule has 0 saturated carbocycles. The van der Waals surface area contributed by atoms with Gasteiger partial charge in [-0.05, 0) is 53.6 Å². The van der Waals surface area contributed by atoms with Crippen molar-refractivity contribution in [2.45, 2.75) is 17.5 Å². The highest BCUT2D eigenvalue weighted by Crippen LogP contribution is 2.41. The fraction of sp³-hybridized carbons (Fsp3) is 0.107. The van der Waals surface area contributed by atoms with Gasteiger partial charge in [-0.25, -0.2) is 12.8 Å². The van der Waals surface area contributed by atoms with Crippen molar-refractivity contribution >= 4 is 21.6 Å². The van der Waals surface area contributed by atoms with Gasteiger partial charge in [0, 0.05) is 12.6 Å². The minimum atomic E-state index is -4.65. The van der Waals surface area contributed by atoms with Crippen LogP contribution in [-0.2, 0) is 27.4 Å². The van der Waals surface area contributed by atoms with Crippen LogP contribution in [0.25, 0.3) is 11.1 Å². The summed E-state index contributed by atoms with van der Waals surface area (Å²) in [7, 11) is -3.14. The zero-order valence-corrected chi connectivity index (χ0v) is 21.3. The number of hydrogen-bond acceptors (Lipinski definition) is 4. The van der Waals surface area contributed by atoms with Gasteiger partial charge in [0.1, 0.15) is 5.75 Å². The van der Waals surface area contributed by atoms with Crippen LogP contribution in [0.4, 0.5) is 23.2 Å². The second-order valence-electron chi connectivity index (χ2n) is 8.53. The first-order chi connectivity index (χ1) is 18.4. The lowest BCUT2D eigenvalue weighted by Crippen LogP contribution is -2.27. The Hall–Kier alpha value is -4.38. The number of halogens is 4. The Bertz CT molecular complexity index is 1610. The number of ether oxygens (including phenoxy) is 1. The van der Waals surface area contributed by atoms with Gasteiger partial charge >= 0.3 is 6.18 Å². The largest absolute Gasteiger partial charge is 0.454 e. The molecule has 0 spiro atoms. The number of nitrogens with zero attached hydrogens (tertiary/aromatic N) is 1. The maximum absolute atomic E-state index is 16.0. The van der Waals surface area contributed by atoms with Crippen LogP contribution in [0.15, 0.2) is 95.9 Å². The Morgan fingerprint density at radius 1 is 0.923 bits per heavy atom. The molecule has 0 aliphatic rings. The molecule has 1 amide bonds. The van der Waals surface area contributed by atoms with Crippen molar-refractivity contribution in [2.24, 2.45) is 5.73 Å². The lowest BCUT2D eigenvalue weighted by Gasteiger charge is -2.23. The average Bonchev–Trinajstić information content (AvgIpc) is 2.89. The van der Waals surface area contributed by atoms with Crippen LogP contribution in [-0.4, -0.2) is 21.4 Å². The summed E-state index contributed by atoms with van der Waals surface area (Å²) in [5.41, 5.74) is 4.99. The lowest BCUT2D eigenvalue weighted by atomic mass is 10.0. The molecule has 39 heavy (non-hydrogen) atoms. The smallest absolute Gasteiger partial charge is 0.416 e. The Kier molecular flexibility index (Phi) is 7.64. The highest BCUT2D eigenvalue weighted by molar-refractivity contribution is 7.92. The molecule has 4 aromatic rings. The fourth-order valence-corrected chi connectivity index (χ4v) is 5.05. The Labute approximate surface area is 222 Å². The van der Waals surface area contributed by atoms with E-state index in [1.54, 1.807) is 30.3 Å². The summed E-state index contributed by atoms with van der Waals surface area (Å²) in [5.74, 6) is -2.41. The van der Waals surface area contributed by atoms with Gasteiger partial charge in [-0.15, -0.1) is 0 Å². The SMILES string of the molecule is CN(c1ccc(-c2ccccc2)c(Oc2cccc(C(F)(F)F)c2)c1F)S(=O)(=O)c1ccc(CC(N)=O)cc1. The van der Waals surface area contributed by atoms with E-state index in [9.17, 15) is 26.4 Å². The molecule has 4 rings (SSSR count). The van der Waals surface area contributed by atoms with E-state index in [0.29, 0.717) is 15.4 Å². The van der Waals surface area contributed by atoms with Crippen LogP contribution in [0, 0.1) is 5.82 Å². The van der Waals surface area contributed by atoms with Crippen molar-refractivity contribution in [2.75, 3.05) is 11.4 Å². The quantitative estimate of drug-likeness (QED) is 0.263. The molecule has 4 aromatic carbocycles. The van der Waals surface area contributed by atoms with Crippen molar-refractivity contribution in [1.29, 1.82) is 0 Å². The molecule has 11 heteroatoms. The number of carbonyl (C=O) groups is 1. The minimum Gasteiger partial charge on any atom is -0.454 e. The molecule has 2 N–H and O–H groups in total. The van der Waals surface area contributed by atoms with E-state index in [-0.39, 0.29) is 22.6 Å². The molecule has 0 saturated heterocycles. The van der Waals surface area contributed by atoms with Gasteiger partial charge in [0.25, 0.3) is 10.0 Å². The average molecular weight is 559 g/mol. The Morgan fingerprint density at radius 3 is 2.21 bits per heavy atom. The van der Waals surface area contributed by atoms with Crippen molar-refractivity contribution in [1.82, 2.24) is 0 Å². The predicted octanol–water partition coefficient (Wildman–Crippen LogP) is 6.16. The summed E-state index contributed by atoms with van der Waals surface area (Å²) in [6.07, 6.45) is -4.73. The molecule has 0 unspecified atom stereocenters. The third-order valence-electron chi connectivity index (χ3n) is 5.84. The van der Waals surface area contributed by atoms with Crippen LogP contribution in [0.2, 0.25) is 0 Å². The van der Waals surface area contributed by atoms with Crippen molar-refractivity contribution < 1.29 is 35.5 Å². The summed E-state index contributed by atoms with van der Waals surface area (Å²) in [4.78, 5) is 11.0. The Balaban J connectivity index is 1.78. The highest BCUT2D eigenvalue weighted by atomic mass is 32.2. The summed E-state index contributed by atoms with van der Waals surface area (Å²) >= 11 is 0. The maximum atomic E-state index is 16.0. The van der Waals surface area contributed by atoms with E-state index in [1.165, 1.54) is 42.5 Å². The zero-order chi connectivity index (χ0) is 28.4. The number of amides is 1. The van der Waals surface area contributed by atoms with Gasteiger partial charge in [0.2, 0.25) is 5.91 Å². The second kappa shape index (κ2) is 10.8. The van der Waals surface area contributed by atoms with E-state index in [2.05, 4.69) is 0 Å². The third-order valence-corrected chi connectivity index (χ3v) is 7.63. The number of nitrogens with two attached hydrogens (primary N) is 1. The molecule has 202 valence electrons. The number of benzene rings is 4. The maximum Gasteiger partial charge on any atom is 0.416 e. The van der Waals surface area contributed by atoms with Gasteiger partial charge in [-0.2, -0.15) is 13.2 Å². The summed E-state index contributed by atoms with van der Waals surface area (Å²) < 4.78 is 88.8. The zero-order valence-electron chi connectivity index (χ0n) is 20.4. The molecule has 6 nitrogen and oxygen atoms in total. The van der Waals surface area contributed by atoms with Crippen LogP contribution in [0.3, 0.4) is 0 Å². The lowest BCUT2D eigenvalue weighted by molar-refractivity contribution is -0.137. The van der Waals surface area contributed by atoms with Gasteiger partial charge in [-0.1, -0.05) is 48.5 Å². The highest BCUT2D eigenvalue weighted by Gasteiger charge is 2.31. The number of carbonyl (C=O) groups excluding carboxylic acids is 1. The minimum absolute atomic E-state index is 0.0814. The monoisotopic (exact) mass is 558 g/mol. The number of hydrogen-bond donors (Lipinski definition) is 1. The van der Waals surface area contributed by atoms with Gasteiger partial charge < -0.3 is 10.5 Å². The van der Waals surface area contributed by atoms with Gasteiger partial charge in [-0.3, -0.25) is 9.10 Å². The van der Waals surface area contributed by atoms with Gasteiger partial charge in [0.15, 0.2) is 11.6 Å². The fourth-order valence-electron chi connectivity index (χ4n) is 3.86. The molecule has 0 radical (unpaired) electrons. The standard InChI is InChI=1S/C28H22F4N2O4S/c1-34(39(36,37)22-12-10-18(11-13-22)16-25(33)35)24-15-14-23(19-6-3-2-4-7-19)27(26(24)29)38-21-9-5-8-20(17-21)28(30,31)32/h2-15,17H,16H2,1H3,(H2,33,35). The first-order valence-electron chi connectivity index (χ1n) is 11.5. The third kappa shape index (κ3) is 6.04. The predicted molar refractivity (Wildman–Crippen MR) is 138 cm³/mol. The first-order valence-corrected chi connectivity index (χ1v) is 12.9. The Morgan fingerprint density at radius 2 is 1.59 bits per heavy atom. The number of anilines is 1.